The number of anilines is 1. The fourth-order valence-corrected chi connectivity index (χ4v) is 4.87. The van der Waals surface area contributed by atoms with Crippen LogP contribution >= 0.6 is 0 Å². The average Bonchev–Trinajstić information content (AvgIpc) is 2.99. The molecule has 0 heterocycles. The van der Waals surface area contributed by atoms with E-state index in [2.05, 4.69) is 34.8 Å². The molecule has 4 N–H and O–H groups in total. The number of methoxy groups -OCH3 is 1. The lowest BCUT2D eigenvalue weighted by molar-refractivity contribution is -0.126. The van der Waals surface area contributed by atoms with Crippen molar-refractivity contribution in [3.8, 4) is 0 Å². The fraction of sp³-hybridized carbons (Fsp3) is 0.559. The Balaban J connectivity index is 2.35. The molecule has 4 atom stereocenters. The SMILES string of the molecule is CC[C@H](C)[C@H](NC(=O)OC)C(=O)NC(Cc1ccccc1)C(O)CN(Cc1ccc(N(CC)CC)cc1)NC(=O)OC(C)(C)C. The quantitative estimate of drug-likeness (QED) is 0.198. The summed E-state index contributed by atoms with van der Waals surface area (Å²) >= 11 is 0. The first-order valence-electron chi connectivity index (χ1n) is 15.7. The summed E-state index contributed by atoms with van der Waals surface area (Å²) < 4.78 is 10.3. The lowest BCUT2D eigenvalue weighted by Gasteiger charge is -2.32. The van der Waals surface area contributed by atoms with Crippen molar-refractivity contribution in [2.45, 2.75) is 91.6 Å². The van der Waals surface area contributed by atoms with Gasteiger partial charge in [0.1, 0.15) is 11.6 Å². The number of alkyl carbamates (subject to hydrolysis) is 1. The van der Waals surface area contributed by atoms with Crippen molar-refractivity contribution in [3.63, 3.8) is 0 Å². The zero-order chi connectivity index (χ0) is 33.6. The molecule has 2 aromatic carbocycles. The molecule has 0 aliphatic carbocycles. The van der Waals surface area contributed by atoms with Gasteiger partial charge in [0.15, 0.2) is 0 Å². The van der Waals surface area contributed by atoms with Crippen LogP contribution in [-0.2, 0) is 27.2 Å². The maximum Gasteiger partial charge on any atom is 0.422 e. The monoisotopic (exact) mass is 627 g/mol. The maximum absolute atomic E-state index is 13.5. The predicted octanol–water partition coefficient (Wildman–Crippen LogP) is 4.63. The largest absolute Gasteiger partial charge is 0.453 e. The van der Waals surface area contributed by atoms with Crippen LogP contribution in [0.2, 0.25) is 0 Å². The van der Waals surface area contributed by atoms with E-state index in [4.69, 9.17) is 9.47 Å². The summed E-state index contributed by atoms with van der Waals surface area (Å²) in [5.41, 5.74) is 4.98. The van der Waals surface area contributed by atoms with Gasteiger partial charge in [0.2, 0.25) is 5.91 Å². The van der Waals surface area contributed by atoms with Gasteiger partial charge >= 0.3 is 12.2 Å². The zero-order valence-electron chi connectivity index (χ0n) is 28.1. The van der Waals surface area contributed by atoms with Gasteiger partial charge in [-0.1, -0.05) is 62.7 Å². The van der Waals surface area contributed by atoms with E-state index in [0.29, 0.717) is 12.8 Å². The van der Waals surface area contributed by atoms with Crippen LogP contribution in [0.3, 0.4) is 0 Å². The number of aliphatic hydroxyl groups excluding tert-OH is 1. The zero-order valence-corrected chi connectivity index (χ0v) is 28.1. The summed E-state index contributed by atoms with van der Waals surface area (Å²) in [6.07, 6.45) is -1.53. The van der Waals surface area contributed by atoms with Crippen molar-refractivity contribution in [1.82, 2.24) is 21.1 Å². The Labute approximate surface area is 268 Å². The molecule has 0 fully saturated rings. The Bertz CT molecular complexity index is 1180. The molecule has 0 radical (unpaired) electrons. The highest BCUT2D eigenvalue weighted by Gasteiger charge is 2.31. The minimum absolute atomic E-state index is 0.0206. The third-order valence-electron chi connectivity index (χ3n) is 7.54. The lowest BCUT2D eigenvalue weighted by Crippen LogP contribution is -2.57. The van der Waals surface area contributed by atoms with Gasteiger partial charge in [-0.05, 0) is 70.2 Å². The second kappa shape index (κ2) is 18.2. The van der Waals surface area contributed by atoms with Crippen LogP contribution < -0.4 is 21.0 Å². The highest BCUT2D eigenvalue weighted by Crippen LogP contribution is 2.17. The van der Waals surface area contributed by atoms with E-state index in [-0.39, 0.29) is 19.0 Å². The van der Waals surface area contributed by atoms with Gasteiger partial charge in [-0.25, -0.2) is 14.6 Å². The Morgan fingerprint density at radius 1 is 0.889 bits per heavy atom. The molecule has 0 spiro atoms. The number of aliphatic hydroxyl groups is 1. The number of carbonyl (C=O) groups excluding carboxylic acids is 3. The normalized spacial score (nSPS) is 14.1. The third kappa shape index (κ3) is 13.0. The first-order valence-corrected chi connectivity index (χ1v) is 15.7. The number of benzene rings is 2. The number of amides is 3. The Morgan fingerprint density at radius 3 is 2.04 bits per heavy atom. The molecule has 11 heteroatoms. The first-order chi connectivity index (χ1) is 21.3. The topological polar surface area (TPSA) is 132 Å². The highest BCUT2D eigenvalue weighted by atomic mass is 16.6. The molecule has 11 nitrogen and oxygen atoms in total. The van der Waals surface area contributed by atoms with E-state index < -0.39 is 41.9 Å². The summed E-state index contributed by atoms with van der Waals surface area (Å²) in [6, 6.07) is 15.9. The van der Waals surface area contributed by atoms with Gasteiger partial charge in [0.25, 0.3) is 0 Å². The van der Waals surface area contributed by atoms with Crippen LogP contribution in [0.15, 0.2) is 54.6 Å². The van der Waals surface area contributed by atoms with Crippen LogP contribution in [0.5, 0.6) is 0 Å². The molecule has 0 aliphatic rings. The van der Waals surface area contributed by atoms with Crippen molar-refractivity contribution >= 4 is 23.8 Å². The summed E-state index contributed by atoms with van der Waals surface area (Å²) in [4.78, 5) is 40.7. The molecule has 2 unspecified atom stereocenters. The Hall–Kier alpha value is -3.83. The molecule has 0 bridgehead atoms. The van der Waals surface area contributed by atoms with Crippen LogP contribution in [0, 0.1) is 5.92 Å². The van der Waals surface area contributed by atoms with Gasteiger partial charge in [-0.3, -0.25) is 10.2 Å². The summed E-state index contributed by atoms with van der Waals surface area (Å²) in [5.74, 6) is -0.628. The summed E-state index contributed by atoms with van der Waals surface area (Å²) in [6.45, 7) is 15.4. The molecule has 0 aliphatic heterocycles. The smallest absolute Gasteiger partial charge is 0.422 e. The van der Waals surface area contributed by atoms with E-state index >= 15 is 0 Å². The standard InChI is InChI=1S/C34H53N5O6/c1-9-24(4)30(36-32(42)44-8)31(41)35-28(21-25-15-13-12-14-16-25)29(40)23-39(37-33(43)45-34(5,6)7)22-26-17-19-27(20-18-26)38(10-2)11-3/h12-20,24,28-30,40H,9-11,21-23H2,1-8H3,(H,35,41)(H,36,42)(H,37,43)/t24-,28?,29?,30-/m0/s1. The molecular formula is C34H53N5O6. The molecule has 0 aromatic heterocycles. The molecule has 2 aromatic rings. The number of nitrogens with zero attached hydrogens (tertiary/aromatic N) is 2. The van der Waals surface area contributed by atoms with E-state index in [1.54, 1.807) is 25.8 Å². The van der Waals surface area contributed by atoms with Crippen molar-refractivity contribution in [2.75, 3.05) is 31.6 Å². The van der Waals surface area contributed by atoms with Gasteiger partial charge in [0.05, 0.1) is 19.3 Å². The van der Waals surface area contributed by atoms with Gasteiger partial charge in [0, 0.05) is 31.9 Å². The molecule has 250 valence electrons. The molecular weight excluding hydrogens is 574 g/mol. The van der Waals surface area contributed by atoms with Crippen molar-refractivity contribution < 1.29 is 29.0 Å². The molecule has 0 saturated heterocycles. The van der Waals surface area contributed by atoms with E-state index in [1.165, 1.54) is 7.11 Å². The third-order valence-corrected chi connectivity index (χ3v) is 7.54. The number of carbonyl (C=O) groups is 3. The molecule has 0 saturated carbocycles. The van der Waals surface area contributed by atoms with E-state index in [9.17, 15) is 19.5 Å². The second-order valence-electron chi connectivity index (χ2n) is 12.2. The van der Waals surface area contributed by atoms with Crippen LogP contribution in [0.1, 0.15) is 66.0 Å². The van der Waals surface area contributed by atoms with E-state index in [1.807, 2.05) is 68.4 Å². The van der Waals surface area contributed by atoms with Crippen molar-refractivity contribution in [2.24, 2.45) is 5.92 Å². The Morgan fingerprint density at radius 2 is 1.51 bits per heavy atom. The molecule has 45 heavy (non-hydrogen) atoms. The number of hydrogen-bond acceptors (Lipinski definition) is 8. The minimum Gasteiger partial charge on any atom is -0.453 e. The highest BCUT2D eigenvalue weighted by molar-refractivity contribution is 5.86. The Kier molecular flexibility index (Phi) is 15.1. The first kappa shape index (κ1) is 37.4. The van der Waals surface area contributed by atoms with Gasteiger partial charge in [-0.15, -0.1) is 0 Å². The molecule has 2 rings (SSSR count). The number of ether oxygens (including phenoxy) is 2. The lowest BCUT2D eigenvalue weighted by atomic mass is 9.96. The predicted molar refractivity (Wildman–Crippen MR) is 177 cm³/mol. The number of hydrazine groups is 1. The summed E-state index contributed by atoms with van der Waals surface area (Å²) in [5, 5.41) is 18.8. The number of rotatable bonds is 16. The number of hydrogen-bond donors (Lipinski definition) is 4. The fourth-order valence-electron chi connectivity index (χ4n) is 4.87. The maximum atomic E-state index is 13.5. The average molecular weight is 628 g/mol. The van der Waals surface area contributed by atoms with Crippen molar-refractivity contribution in [3.05, 3.63) is 65.7 Å². The van der Waals surface area contributed by atoms with Crippen LogP contribution in [0.4, 0.5) is 15.3 Å². The summed E-state index contributed by atoms with van der Waals surface area (Å²) in [7, 11) is 1.24. The van der Waals surface area contributed by atoms with Gasteiger partial charge in [-0.2, -0.15) is 0 Å². The second-order valence-corrected chi connectivity index (χ2v) is 12.2. The van der Waals surface area contributed by atoms with Gasteiger partial charge < -0.3 is 30.1 Å². The van der Waals surface area contributed by atoms with Crippen LogP contribution in [0.25, 0.3) is 0 Å². The minimum atomic E-state index is -1.12. The number of nitrogens with one attached hydrogen (secondary N) is 3. The van der Waals surface area contributed by atoms with Crippen molar-refractivity contribution in [1.29, 1.82) is 0 Å². The molecule has 3 amide bonds. The van der Waals surface area contributed by atoms with E-state index in [0.717, 1.165) is 29.9 Å². The van der Waals surface area contributed by atoms with Crippen LogP contribution in [-0.4, -0.2) is 78.7 Å².